The number of benzene rings is 1. The Hall–Kier alpha value is -0.753. The third-order valence-electron chi connectivity index (χ3n) is 6.19. The van der Waals surface area contributed by atoms with Gasteiger partial charge in [0.05, 0.1) is 16.1 Å². The van der Waals surface area contributed by atoms with Crippen molar-refractivity contribution in [1.29, 1.82) is 0 Å². The van der Waals surface area contributed by atoms with Crippen molar-refractivity contribution in [2.75, 3.05) is 13.2 Å². The molecule has 1 aromatic heterocycles. The molecule has 1 fully saturated rings. The van der Waals surface area contributed by atoms with Crippen LogP contribution in [0.4, 0.5) is 0 Å². The molecule has 0 N–H and O–H groups in total. The van der Waals surface area contributed by atoms with Crippen LogP contribution in [0.5, 0.6) is 0 Å². The van der Waals surface area contributed by atoms with Gasteiger partial charge in [-0.3, -0.25) is 9.69 Å². The maximum atomic E-state index is 13.9. The Bertz CT molecular complexity index is 1130. The van der Waals surface area contributed by atoms with Gasteiger partial charge >= 0.3 is 5.97 Å². The van der Waals surface area contributed by atoms with Crippen molar-refractivity contribution in [3.8, 4) is 0 Å². The highest BCUT2D eigenvalue weighted by Crippen LogP contribution is 2.53. The van der Waals surface area contributed by atoms with E-state index in [0.717, 1.165) is 21.0 Å². The smallest absolute Gasteiger partial charge is 0.355 e. The molecule has 1 amide bonds. The van der Waals surface area contributed by atoms with E-state index in [2.05, 4.69) is 39.9 Å². The van der Waals surface area contributed by atoms with E-state index in [9.17, 15) is 9.59 Å². The molecular weight excluding hydrogens is 599 g/mol. The second-order valence-corrected chi connectivity index (χ2v) is 17.6. The normalized spacial score (nSPS) is 18.7. The van der Waals surface area contributed by atoms with Crippen LogP contribution in [-0.4, -0.2) is 54.2 Å². The molecule has 12 heteroatoms. The van der Waals surface area contributed by atoms with Crippen molar-refractivity contribution in [3.63, 3.8) is 0 Å². The third-order valence-corrected chi connectivity index (χ3v) is 11.3. The standard InChI is InChI=1S/C26H35Cl2N2O4S3Si/c1-15(2)21(24(32)33-14-19(27)28)30-22(31)20(16(26(3,4)5)12-13-34-38(6)7)23(30)36-37-25-29-17-10-8-9-11-18(17)35-25/h8-11,16,19-20,23H,12-14H2,1-7H3/t16?,20-,23-/m1/s1. The largest absolute Gasteiger partial charge is 0.458 e. The fraction of sp³-hybridized carbons (Fsp3) is 0.577. The Balaban J connectivity index is 1.92. The summed E-state index contributed by atoms with van der Waals surface area (Å²) in [5.41, 5.74) is 1.75. The lowest BCUT2D eigenvalue weighted by molar-refractivity contribution is -0.159. The maximum Gasteiger partial charge on any atom is 0.355 e. The van der Waals surface area contributed by atoms with Crippen LogP contribution in [0.3, 0.4) is 0 Å². The number of nitrogens with zero attached hydrogens (tertiary/aromatic N) is 2. The zero-order valence-electron chi connectivity index (χ0n) is 22.7. The molecule has 2 heterocycles. The number of carbonyl (C=O) groups excluding carboxylic acids is 2. The summed E-state index contributed by atoms with van der Waals surface area (Å²) >= 11 is 13.2. The first kappa shape index (κ1) is 31.8. The van der Waals surface area contributed by atoms with Crippen LogP contribution in [0.1, 0.15) is 41.0 Å². The van der Waals surface area contributed by atoms with Gasteiger partial charge in [0.1, 0.15) is 22.5 Å². The average Bonchev–Trinajstić information content (AvgIpc) is 3.24. The summed E-state index contributed by atoms with van der Waals surface area (Å²) in [6.45, 7) is 14.8. The van der Waals surface area contributed by atoms with Gasteiger partial charge < -0.3 is 9.16 Å². The molecule has 1 aliphatic rings. The van der Waals surface area contributed by atoms with Crippen molar-refractivity contribution in [1.82, 2.24) is 9.88 Å². The summed E-state index contributed by atoms with van der Waals surface area (Å²) < 4.78 is 13.3. The van der Waals surface area contributed by atoms with Gasteiger partial charge in [0.15, 0.2) is 4.34 Å². The van der Waals surface area contributed by atoms with Crippen LogP contribution in [0.25, 0.3) is 10.2 Å². The Morgan fingerprint density at radius 3 is 2.50 bits per heavy atom. The predicted octanol–water partition coefficient (Wildman–Crippen LogP) is 7.78. The minimum absolute atomic E-state index is 0.0607. The molecule has 1 radical (unpaired) electrons. The summed E-state index contributed by atoms with van der Waals surface area (Å²) in [4.78, 5) is 32.5. The monoisotopic (exact) mass is 633 g/mol. The van der Waals surface area contributed by atoms with Gasteiger partial charge in [-0.15, -0.1) is 34.5 Å². The van der Waals surface area contributed by atoms with Crippen LogP contribution in [0.2, 0.25) is 13.1 Å². The molecule has 0 aliphatic carbocycles. The van der Waals surface area contributed by atoms with E-state index in [1.54, 1.807) is 51.7 Å². The van der Waals surface area contributed by atoms with Gasteiger partial charge in [-0.2, -0.15) is 0 Å². The van der Waals surface area contributed by atoms with Crippen molar-refractivity contribution < 1.29 is 18.8 Å². The fourth-order valence-electron chi connectivity index (χ4n) is 4.47. The minimum atomic E-state index is -0.842. The maximum absolute atomic E-state index is 13.9. The number of para-hydroxylation sites is 1. The van der Waals surface area contributed by atoms with Gasteiger partial charge in [-0.05, 0) is 73.2 Å². The predicted molar refractivity (Wildman–Crippen MR) is 163 cm³/mol. The van der Waals surface area contributed by atoms with Crippen molar-refractivity contribution in [2.45, 2.75) is 68.7 Å². The number of rotatable bonds is 12. The molecule has 1 aliphatic heterocycles. The van der Waals surface area contributed by atoms with Crippen LogP contribution >= 0.6 is 56.1 Å². The minimum Gasteiger partial charge on any atom is -0.458 e. The number of esters is 1. The lowest BCUT2D eigenvalue weighted by atomic mass is 9.68. The Labute approximate surface area is 249 Å². The first-order valence-corrected chi connectivity index (χ1v) is 18.7. The molecule has 0 saturated carbocycles. The number of hydrogen-bond acceptors (Lipinski definition) is 8. The fourth-order valence-corrected chi connectivity index (χ4v) is 9.19. The zero-order valence-corrected chi connectivity index (χ0v) is 27.7. The number of aromatic nitrogens is 1. The number of carbonyl (C=O) groups is 2. The van der Waals surface area contributed by atoms with Crippen LogP contribution < -0.4 is 0 Å². The van der Waals surface area contributed by atoms with Crippen LogP contribution in [0, 0.1) is 17.3 Å². The van der Waals surface area contributed by atoms with Gasteiger partial charge in [-0.25, -0.2) is 9.78 Å². The van der Waals surface area contributed by atoms with Gasteiger partial charge in [-0.1, -0.05) is 43.7 Å². The molecule has 1 unspecified atom stereocenters. The molecule has 209 valence electrons. The van der Waals surface area contributed by atoms with Gasteiger partial charge in [0.25, 0.3) is 0 Å². The number of fused-ring (bicyclic) bond motifs is 1. The number of ether oxygens (including phenoxy) is 1. The summed E-state index contributed by atoms with van der Waals surface area (Å²) in [5, 5.41) is -0.281. The topological polar surface area (TPSA) is 68.7 Å². The van der Waals surface area contributed by atoms with E-state index in [1.807, 2.05) is 18.2 Å². The van der Waals surface area contributed by atoms with E-state index in [0.29, 0.717) is 12.2 Å². The second-order valence-electron chi connectivity index (χ2n) is 10.6. The number of hydrogen-bond donors (Lipinski definition) is 0. The molecule has 38 heavy (non-hydrogen) atoms. The molecule has 3 rings (SSSR count). The number of likely N-dealkylation sites (tertiary alicyclic amines) is 1. The summed E-state index contributed by atoms with van der Waals surface area (Å²) in [6.07, 6.45) is 0.765. The SMILES string of the molecule is CC(C)=C(C(=O)OCC(Cl)Cl)N1C(=O)[C@@H](C(CCO[Si](C)C)C(C)(C)C)[C@H]1SSc1nc2ccccc2s1. The van der Waals surface area contributed by atoms with Gasteiger partial charge in [0, 0.05) is 6.61 Å². The number of halogens is 2. The number of β-lactam (4-membered cyclic amide) rings is 1. The second kappa shape index (κ2) is 13.7. The van der Waals surface area contributed by atoms with Gasteiger partial charge in [0.2, 0.25) is 14.9 Å². The highest BCUT2D eigenvalue weighted by molar-refractivity contribution is 8.77. The van der Waals surface area contributed by atoms with Crippen molar-refractivity contribution in [3.05, 3.63) is 35.5 Å². The van der Waals surface area contributed by atoms with Crippen molar-refractivity contribution in [2.24, 2.45) is 17.3 Å². The number of allylic oxidation sites excluding steroid dienone is 1. The lowest BCUT2D eigenvalue weighted by Gasteiger charge is -2.52. The third kappa shape index (κ3) is 7.92. The quantitative estimate of drug-likeness (QED) is 0.0590. The first-order chi connectivity index (χ1) is 17.8. The molecule has 6 nitrogen and oxygen atoms in total. The number of amides is 1. The molecule has 0 spiro atoms. The van der Waals surface area contributed by atoms with E-state index < -0.39 is 19.8 Å². The van der Waals surface area contributed by atoms with Crippen LogP contribution in [-0.2, 0) is 18.8 Å². The molecule has 1 aromatic carbocycles. The molecule has 2 aromatic rings. The Morgan fingerprint density at radius 2 is 1.92 bits per heavy atom. The number of thiazole rings is 1. The van der Waals surface area contributed by atoms with E-state index in [1.165, 1.54) is 0 Å². The first-order valence-electron chi connectivity index (χ1n) is 12.4. The molecule has 3 atom stereocenters. The Morgan fingerprint density at radius 1 is 1.24 bits per heavy atom. The lowest BCUT2D eigenvalue weighted by Crippen LogP contribution is -2.63. The van der Waals surface area contributed by atoms with E-state index >= 15 is 0 Å². The number of alkyl halides is 2. The molecule has 1 saturated heterocycles. The highest BCUT2D eigenvalue weighted by atomic mass is 35.5. The summed E-state index contributed by atoms with van der Waals surface area (Å²) in [7, 11) is 2.27. The van der Waals surface area contributed by atoms with E-state index in [-0.39, 0.29) is 40.8 Å². The van der Waals surface area contributed by atoms with Crippen LogP contribution in [0.15, 0.2) is 39.9 Å². The summed E-state index contributed by atoms with van der Waals surface area (Å²) in [6, 6.07) is 8.02. The highest BCUT2D eigenvalue weighted by Gasteiger charge is 2.56. The Kier molecular flexibility index (Phi) is 11.5. The van der Waals surface area contributed by atoms with E-state index in [4.69, 9.17) is 37.3 Å². The molecule has 0 bridgehead atoms. The van der Waals surface area contributed by atoms with Crippen molar-refractivity contribution >= 4 is 87.3 Å². The summed E-state index contributed by atoms with van der Waals surface area (Å²) in [5.74, 6) is -0.901. The zero-order chi connectivity index (χ0) is 28.2. The average molecular weight is 635 g/mol. The molecular formula is C26H35Cl2N2O4S3Si.